The van der Waals surface area contributed by atoms with E-state index in [1.807, 2.05) is 19.9 Å². The summed E-state index contributed by atoms with van der Waals surface area (Å²) in [6.45, 7) is 3.85. The van der Waals surface area contributed by atoms with Gasteiger partial charge in [0.05, 0.1) is 12.1 Å². The smallest absolute Gasteiger partial charge is 0.231 e. The summed E-state index contributed by atoms with van der Waals surface area (Å²) in [6.07, 6.45) is 1.93. The Morgan fingerprint density at radius 3 is 2.78 bits per heavy atom. The molecule has 2 heterocycles. The largest absolute Gasteiger partial charge is 0.375 e. The molecule has 18 heavy (non-hydrogen) atoms. The summed E-state index contributed by atoms with van der Waals surface area (Å²) in [4.78, 5) is 21.0. The lowest BCUT2D eigenvalue weighted by Crippen LogP contribution is -2.16. The molecule has 0 fully saturated rings. The second-order valence-electron chi connectivity index (χ2n) is 4.00. The number of carbonyl (C=O) groups is 1. The third-order valence-corrected chi connectivity index (χ3v) is 3.26. The fourth-order valence-electron chi connectivity index (χ4n) is 1.50. The Hall–Kier alpha value is -1.95. The van der Waals surface area contributed by atoms with Gasteiger partial charge in [-0.05, 0) is 25.5 Å². The van der Waals surface area contributed by atoms with Crippen LogP contribution in [0.3, 0.4) is 0 Å². The molecule has 0 unspecified atom stereocenters. The Labute approximate surface area is 109 Å². The van der Waals surface area contributed by atoms with Crippen molar-refractivity contribution in [3.8, 4) is 0 Å². The van der Waals surface area contributed by atoms with E-state index in [9.17, 15) is 4.79 Å². The van der Waals surface area contributed by atoms with Crippen LogP contribution in [0.4, 0.5) is 10.9 Å². The summed E-state index contributed by atoms with van der Waals surface area (Å²) in [5.41, 5.74) is 7.36. The van der Waals surface area contributed by atoms with Crippen LogP contribution in [0.5, 0.6) is 0 Å². The van der Waals surface area contributed by atoms with Crippen LogP contribution in [-0.2, 0) is 11.2 Å². The summed E-state index contributed by atoms with van der Waals surface area (Å²) in [5.74, 6) is 0.409. The maximum absolute atomic E-state index is 11.8. The molecule has 0 aliphatic carbocycles. The van der Waals surface area contributed by atoms with Crippen molar-refractivity contribution in [1.82, 2.24) is 9.97 Å². The number of nitrogens with two attached hydrogens (primary N) is 1. The quantitative estimate of drug-likeness (QED) is 0.885. The Morgan fingerprint density at radius 1 is 1.44 bits per heavy atom. The Bertz CT molecular complexity index is 562. The molecule has 5 nitrogen and oxygen atoms in total. The van der Waals surface area contributed by atoms with E-state index < -0.39 is 0 Å². The van der Waals surface area contributed by atoms with Gasteiger partial charge in [-0.2, -0.15) is 0 Å². The number of nitrogens with one attached hydrogen (secondary N) is 1. The molecule has 1 amide bonds. The lowest BCUT2D eigenvalue weighted by atomic mass is 10.2. The molecule has 0 aliphatic rings. The standard InChI is InChI=1S/C12H14N4OS/c1-7-3-4-10(14-6-7)16-11(17)5-9-8(2)18-12(13)15-9/h3-4,6H,5H2,1-2H3,(H2,13,15)(H,14,16,17). The van der Waals surface area contributed by atoms with Crippen LogP contribution in [0.1, 0.15) is 16.1 Å². The van der Waals surface area contributed by atoms with Gasteiger partial charge in [-0.15, -0.1) is 11.3 Å². The number of anilines is 2. The Morgan fingerprint density at radius 2 is 2.22 bits per heavy atom. The fraction of sp³-hybridized carbons (Fsp3) is 0.250. The van der Waals surface area contributed by atoms with E-state index >= 15 is 0 Å². The number of nitrogen functional groups attached to an aromatic ring is 1. The van der Waals surface area contributed by atoms with Crippen LogP contribution >= 0.6 is 11.3 Å². The number of aromatic nitrogens is 2. The first kappa shape index (κ1) is 12.5. The number of hydrogen-bond acceptors (Lipinski definition) is 5. The van der Waals surface area contributed by atoms with Crippen LogP contribution < -0.4 is 11.1 Å². The molecule has 2 aromatic heterocycles. The molecule has 0 aliphatic heterocycles. The first-order valence-corrected chi connectivity index (χ1v) is 6.30. The third kappa shape index (κ3) is 3.04. The monoisotopic (exact) mass is 262 g/mol. The minimum Gasteiger partial charge on any atom is -0.375 e. The van der Waals surface area contributed by atoms with Gasteiger partial charge in [-0.25, -0.2) is 9.97 Å². The molecular formula is C12H14N4OS. The fourth-order valence-corrected chi connectivity index (χ4v) is 2.20. The maximum atomic E-state index is 11.8. The highest BCUT2D eigenvalue weighted by molar-refractivity contribution is 7.15. The molecule has 0 atom stereocenters. The first-order valence-electron chi connectivity index (χ1n) is 5.49. The van der Waals surface area contributed by atoms with Crippen molar-refractivity contribution in [1.29, 1.82) is 0 Å². The second kappa shape index (κ2) is 5.14. The lowest BCUT2D eigenvalue weighted by molar-refractivity contribution is -0.115. The normalized spacial score (nSPS) is 10.3. The summed E-state index contributed by atoms with van der Waals surface area (Å²) in [6, 6.07) is 3.67. The molecule has 3 N–H and O–H groups in total. The van der Waals surface area contributed by atoms with Crippen molar-refractivity contribution < 1.29 is 4.79 Å². The molecule has 0 saturated carbocycles. The minimum absolute atomic E-state index is 0.139. The number of carbonyl (C=O) groups excluding carboxylic acids is 1. The Balaban J connectivity index is 2.01. The highest BCUT2D eigenvalue weighted by atomic mass is 32.1. The van der Waals surface area contributed by atoms with Crippen molar-refractivity contribution in [3.05, 3.63) is 34.5 Å². The van der Waals surface area contributed by atoms with Crippen molar-refractivity contribution in [2.45, 2.75) is 20.3 Å². The van der Waals surface area contributed by atoms with E-state index in [1.54, 1.807) is 12.3 Å². The van der Waals surface area contributed by atoms with Gasteiger partial charge in [0.1, 0.15) is 5.82 Å². The lowest BCUT2D eigenvalue weighted by Gasteiger charge is -2.03. The van der Waals surface area contributed by atoms with Gasteiger partial charge in [0, 0.05) is 11.1 Å². The van der Waals surface area contributed by atoms with Gasteiger partial charge >= 0.3 is 0 Å². The van der Waals surface area contributed by atoms with Crippen molar-refractivity contribution in [3.63, 3.8) is 0 Å². The molecule has 6 heteroatoms. The zero-order chi connectivity index (χ0) is 13.1. The van der Waals surface area contributed by atoms with E-state index in [-0.39, 0.29) is 12.3 Å². The van der Waals surface area contributed by atoms with Crippen LogP contribution in [0.25, 0.3) is 0 Å². The molecule has 0 aromatic carbocycles. The van der Waals surface area contributed by atoms with Gasteiger partial charge < -0.3 is 11.1 Å². The van der Waals surface area contributed by atoms with Crippen LogP contribution in [0, 0.1) is 13.8 Å². The summed E-state index contributed by atoms with van der Waals surface area (Å²) in [5, 5.41) is 3.22. The number of thiazole rings is 1. The van der Waals surface area contributed by atoms with E-state index in [1.165, 1.54) is 11.3 Å². The minimum atomic E-state index is -0.139. The van der Waals surface area contributed by atoms with Crippen molar-refractivity contribution in [2.75, 3.05) is 11.1 Å². The average Bonchev–Trinajstić information content (AvgIpc) is 2.61. The van der Waals surface area contributed by atoms with Crippen LogP contribution in [-0.4, -0.2) is 15.9 Å². The molecule has 2 rings (SSSR count). The first-order chi connectivity index (χ1) is 8.54. The van der Waals surface area contributed by atoms with Crippen LogP contribution in [0.2, 0.25) is 0 Å². The average molecular weight is 262 g/mol. The predicted molar refractivity (Wildman–Crippen MR) is 72.6 cm³/mol. The Kier molecular flexibility index (Phi) is 3.57. The highest BCUT2D eigenvalue weighted by Crippen LogP contribution is 2.19. The molecule has 0 radical (unpaired) electrons. The van der Waals surface area contributed by atoms with Gasteiger partial charge in [0.25, 0.3) is 0 Å². The summed E-state index contributed by atoms with van der Waals surface area (Å²) < 4.78 is 0. The van der Waals surface area contributed by atoms with Crippen LogP contribution in [0.15, 0.2) is 18.3 Å². The summed E-state index contributed by atoms with van der Waals surface area (Å²) >= 11 is 1.39. The number of nitrogens with zero attached hydrogens (tertiary/aromatic N) is 2. The van der Waals surface area contributed by atoms with E-state index in [2.05, 4.69) is 15.3 Å². The van der Waals surface area contributed by atoms with Crippen molar-refractivity contribution in [2.24, 2.45) is 0 Å². The maximum Gasteiger partial charge on any atom is 0.231 e. The number of aryl methyl sites for hydroxylation is 2. The molecular weight excluding hydrogens is 248 g/mol. The molecule has 0 bridgehead atoms. The highest BCUT2D eigenvalue weighted by Gasteiger charge is 2.11. The number of hydrogen-bond donors (Lipinski definition) is 2. The van der Waals surface area contributed by atoms with E-state index in [4.69, 9.17) is 5.73 Å². The topological polar surface area (TPSA) is 80.9 Å². The predicted octanol–water partition coefficient (Wildman–Crippen LogP) is 1.92. The number of amides is 1. The SMILES string of the molecule is Cc1ccc(NC(=O)Cc2nc(N)sc2C)nc1. The number of pyridine rings is 1. The summed E-state index contributed by atoms with van der Waals surface area (Å²) in [7, 11) is 0. The zero-order valence-corrected chi connectivity index (χ0v) is 11.0. The molecule has 0 spiro atoms. The van der Waals surface area contributed by atoms with Gasteiger partial charge in [-0.1, -0.05) is 6.07 Å². The second-order valence-corrected chi connectivity index (χ2v) is 5.24. The van der Waals surface area contributed by atoms with E-state index in [0.29, 0.717) is 10.9 Å². The van der Waals surface area contributed by atoms with E-state index in [0.717, 1.165) is 16.1 Å². The zero-order valence-electron chi connectivity index (χ0n) is 10.2. The molecule has 94 valence electrons. The van der Waals surface area contributed by atoms with Gasteiger partial charge in [0.15, 0.2) is 5.13 Å². The molecule has 2 aromatic rings. The van der Waals surface area contributed by atoms with Gasteiger partial charge in [-0.3, -0.25) is 4.79 Å². The van der Waals surface area contributed by atoms with Crippen molar-refractivity contribution >= 4 is 28.2 Å². The molecule has 0 saturated heterocycles. The van der Waals surface area contributed by atoms with Gasteiger partial charge in [0.2, 0.25) is 5.91 Å². The third-order valence-electron chi connectivity index (χ3n) is 2.42. The number of rotatable bonds is 3.